The van der Waals surface area contributed by atoms with Gasteiger partial charge < -0.3 is 14.8 Å². The number of aliphatic hydroxyl groups is 1. The lowest BCUT2D eigenvalue weighted by atomic mass is 10.1. The topological polar surface area (TPSA) is 45.4 Å². The van der Waals surface area contributed by atoms with Crippen LogP contribution >= 0.6 is 0 Å². The molecule has 1 aromatic rings. The van der Waals surface area contributed by atoms with E-state index in [1.165, 1.54) is 18.4 Å². The third-order valence-electron chi connectivity index (χ3n) is 3.14. The maximum Gasteiger partial charge on any atom is 0.0950 e. The molecule has 1 fully saturated rings. The van der Waals surface area contributed by atoms with Gasteiger partial charge in [-0.15, -0.1) is 0 Å². The Morgan fingerprint density at radius 1 is 1.60 bits per heavy atom. The number of hydrogen-bond donors (Lipinski definition) is 2. The van der Waals surface area contributed by atoms with Crippen LogP contribution in [0.15, 0.2) is 23.0 Å². The van der Waals surface area contributed by atoms with Gasteiger partial charge in [-0.2, -0.15) is 0 Å². The van der Waals surface area contributed by atoms with Crippen molar-refractivity contribution in [1.82, 2.24) is 5.32 Å². The Morgan fingerprint density at radius 2 is 2.40 bits per heavy atom. The van der Waals surface area contributed by atoms with Crippen molar-refractivity contribution in [2.24, 2.45) is 5.92 Å². The number of nitrogens with one attached hydrogen (secondary N) is 1. The predicted octanol–water partition coefficient (Wildman–Crippen LogP) is 2.09. The van der Waals surface area contributed by atoms with Gasteiger partial charge in [0.25, 0.3) is 0 Å². The summed E-state index contributed by atoms with van der Waals surface area (Å²) in [5, 5.41) is 12.6. The Bertz CT molecular complexity index is 280. The van der Waals surface area contributed by atoms with Crippen molar-refractivity contribution in [2.75, 3.05) is 6.61 Å². The Hall–Kier alpha value is -0.800. The standard InChI is InChI=1S/C12H19NO2/c1-9(11-5-7-15-8-11)13-12(4-6-14)10-2-3-10/h5,7-10,12-14H,2-4,6H2,1H3. The summed E-state index contributed by atoms with van der Waals surface area (Å²) in [5.74, 6) is 0.770. The lowest BCUT2D eigenvalue weighted by Crippen LogP contribution is -2.34. The quantitative estimate of drug-likeness (QED) is 0.754. The molecule has 84 valence electrons. The summed E-state index contributed by atoms with van der Waals surface area (Å²) in [6.07, 6.45) is 6.94. The zero-order chi connectivity index (χ0) is 10.7. The average molecular weight is 209 g/mol. The third-order valence-corrected chi connectivity index (χ3v) is 3.14. The molecule has 0 aromatic carbocycles. The molecule has 0 amide bonds. The minimum absolute atomic E-state index is 0.270. The van der Waals surface area contributed by atoms with E-state index < -0.39 is 0 Å². The lowest BCUT2D eigenvalue weighted by molar-refractivity contribution is 0.250. The fraction of sp³-hybridized carbons (Fsp3) is 0.667. The van der Waals surface area contributed by atoms with Crippen molar-refractivity contribution in [3.05, 3.63) is 24.2 Å². The Kier molecular flexibility index (Phi) is 3.44. The van der Waals surface area contributed by atoms with E-state index in [1.807, 2.05) is 6.07 Å². The van der Waals surface area contributed by atoms with Crippen LogP contribution in [0, 0.1) is 5.92 Å². The molecule has 1 aromatic heterocycles. The van der Waals surface area contributed by atoms with Gasteiger partial charge in [0.2, 0.25) is 0 Å². The van der Waals surface area contributed by atoms with E-state index in [2.05, 4.69) is 12.2 Å². The normalized spacial score (nSPS) is 20.1. The molecule has 0 spiro atoms. The van der Waals surface area contributed by atoms with Gasteiger partial charge in [-0.05, 0) is 38.2 Å². The van der Waals surface area contributed by atoms with Crippen molar-refractivity contribution >= 4 is 0 Å². The average Bonchev–Trinajstić information content (AvgIpc) is 2.92. The van der Waals surface area contributed by atoms with Crippen LogP contribution in [0.2, 0.25) is 0 Å². The van der Waals surface area contributed by atoms with Gasteiger partial charge in [0.05, 0.1) is 12.5 Å². The highest BCUT2D eigenvalue weighted by molar-refractivity contribution is 5.11. The summed E-state index contributed by atoms with van der Waals surface area (Å²) in [6, 6.07) is 2.75. The summed E-state index contributed by atoms with van der Waals surface area (Å²) in [6.45, 7) is 2.41. The van der Waals surface area contributed by atoms with Crippen LogP contribution in [0.4, 0.5) is 0 Å². The molecule has 2 unspecified atom stereocenters. The van der Waals surface area contributed by atoms with Crippen LogP contribution in [0.5, 0.6) is 0 Å². The molecule has 0 aliphatic heterocycles. The zero-order valence-electron chi connectivity index (χ0n) is 9.15. The van der Waals surface area contributed by atoms with Crippen molar-refractivity contribution in [1.29, 1.82) is 0 Å². The first-order valence-electron chi connectivity index (χ1n) is 5.70. The smallest absolute Gasteiger partial charge is 0.0950 e. The van der Waals surface area contributed by atoms with Gasteiger partial charge in [-0.1, -0.05) is 0 Å². The van der Waals surface area contributed by atoms with E-state index in [0.29, 0.717) is 12.1 Å². The van der Waals surface area contributed by atoms with Gasteiger partial charge >= 0.3 is 0 Å². The van der Waals surface area contributed by atoms with Crippen LogP contribution < -0.4 is 5.32 Å². The van der Waals surface area contributed by atoms with Crippen molar-refractivity contribution in [3.63, 3.8) is 0 Å². The molecule has 0 radical (unpaired) electrons. The number of aliphatic hydroxyl groups excluding tert-OH is 1. The number of hydrogen-bond acceptors (Lipinski definition) is 3. The van der Waals surface area contributed by atoms with Crippen molar-refractivity contribution in [3.8, 4) is 0 Å². The maximum absolute atomic E-state index is 9.00. The summed E-state index contributed by atoms with van der Waals surface area (Å²) in [4.78, 5) is 0. The van der Waals surface area contributed by atoms with Crippen molar-refractivity contribution in [2.45, 2.75) is 38.3 Å². The second-order valence-corrected chi connectivity index (χ2v) is 4.40. The highest BCUT2D eigenvalue weighted by atomic mass is 16.3. The van der Waals surface area contributed by atoms with Crippen molar-refractivity contribution < 1.29 is 9.52 Å². The predicted molar refractivity (Wildman–Crippen MR) is 58.5 cm³/mol. The molecule has 0 saturated heterocycles. The SMILES string of the molecule is CC(NC(CCO)C1CC1)c1ccoc1. The van der Waals surface area contributed by atoms with Crippen LogP contribution in [0.3, 0.4) is 0 Å². The molecule has 0 bridgehead atoms. The number of rotatable bonds is 6. The summed E-state index contributed by atoms with van der Waals surface area (Å²) >= 11 is 0. The first kappa shape index (κ1) is 10.7. The fourth-order valence-corrected chi connectivity index (χ4v) is 2.03. The first-order chi connectivity index (χ1) is 7.31. The van der Waals surface area contributed by atoms with E-state index in [9.17, 15) is 0 Å². The zero-order valence-corrected chi connectivity index (χ0v) is 9.15. The maximum atomic E-state index is 9.00. The molecular weight excluding hydrogens is 190 g/mol. The minimum Gasteiger partial charge on any atom is -0.472 e. The van der Waals surface area contributed by atoms with E-state index in [4.69, 9.17) is 9.52 Å². The lowest BCUT2D eigenvalue weighted by Gasteiger charge is -2.21. The van der Waals surface area contributed by atoms with Gasteiger partial charge in [-0.3, -0.25) is 0 Å². The molecule has 2 atom stereocenters. The Labute approximate surface area is 90.5 Å². The highest BCUT2D eigenvalue weighted by Gasteiger charge is 2.31. The molecule has 3 heteroatoms. The molecule has 15 heavy (non-hydrogen) atoms. The molecular formula is C12H19NO2. The second kappa shape index (κ2) is 4.81. The molecule has 1 aliphatic carbocycles. The Balaban J connectivity index is 1.88. The first-order valence-corrected chi connectivity index (χ1v) is 5.70. The van der Waals surface area contributed by atoms with Gasteiger partial charge in [-0.25, -0.2) is 0 Å². The molecule has 1 aliphatic rings. The van der Waals surface area contributed by atoms with E-state index in [1.54, 1.807) is 12.5 Å². The van der Waals surface area contributed by atoms with Gasteiger partial charge in [0.15, 0.2) is 0 Å². The van der Waals surface area contributed by atoms with Gasteiger partial charge in [0, 0.05) is 24.3 Å². The van der Waals surface area contributed by atoms with Crippen LogP contribution in [-0.4, -0.2) is 17.8 Å². The van der Waals surface area contributed by atoms with Crippen LogP contribution in [0.25, 0.3) is 0 Å². The molecule has 1 saturated carbocycles. The summed E-state index contributed by atoms with van der Waals surface area (Å²) in [5.41, 5.74) is 1.18. The monoisotopic (exact) mass is 209 g/mol. The van der Waals surface area contributed by atoms with E-state index in [0.717, 1.165) is 12.3 Å². The number of furan rings is 1. The molecule has 3 nitrogen and oxygen atoms in total. The van der Waals surface area contributed by atoms with Crippen LogP contribution in [-0.2, 0) is 0 Å². The summed E-state index contributed by atoms with van der Waals surface area (Å²) in [7, 11) is 0. The fourth-order valence-electron chi connectivity index (χ4n) is 2.03. The van der Waals surface area contributed by atoms with Crippen LogP contribution in [0.1, 0.15) is 37.8 Å². The minimum atomic E-state index is 0.270. The molecule has 2 N–H and O–H groups in total. The largest absolute Gasteiger partial charge is 0.472 e. The third kappa shape index (κ3) is 2.83. The van der Waals surface area contributed by atoms with E-state index >= 15 is 0 Å². The second-order valence-electron chi connectivity index (χ2n) is 4.40. The molecule has 2 rings (SSSR count). The van der Waals surface area contributed by atoms with Gasteiger partial charge in [0.1, 0.15) is 0 Å². The Morgan fingerprint density at radius 3 is 2.93 bits per heavy atom. The highest BCUT2D eigenvalue weighted by Crippen LogP contribution is 2.35. The van der Waals surface area contributed by atoms with E-state index in [-0.39, 0.29) is 6.61 Å². The summed E-state index contributed by atoms with van der Waals surface area (Å²) < 4.78 is 5.06. The molecule has 1 heterocycles.